The van der Waals surface area contributed by atoms with Crippen molar-refractivity contribution in [2.24, 2.45) is 16.7 Å². The van der Waals surface area contributed by atoms with E-state index >= 15 is 0 Å². The first-order valence-electron chi connectivity index (χ1n) is 5.80. The second-order valence-corrected chi connectivity index (χ2v) is 8.38. The fourth-order valence-electron chi connectivity index (χ4n) is 2.63. The Labute approximate surface area is 111 Å². The Morgan fingerprint density at radius 1 is 1.25 bits per heavy atom. The second kappa shape index (κ2) is 4.11. The van der Waals surface area contributed by atoms with E-state index in [9.17, 15) is 0 Å². The van der Waals surface area contributed by atoms with Crippen LogP contribution in [0, 0.1) is 16.7 Å². The lowest BCUT2D eigenvalue weighted by molar-refractivity contribution is 0.457. The Hall–Kier alpha value is 0.140. The molecule has 1 fully saturated rings. The van der Waals surface area contributed by atoms with Crippen LogP contribution in [0.1, 0.15) is 32.6 Å². The van der Waals surface area contributed by atoms with Crippen molar-refractivity contribution in [2.75, 3.05) is 6.54 Å². The third-order valence-electron chi connectivity index (χ3n) is 4.60. The highest BCUT2D eigenvalue weighted by molar-refractivity contribution is 9.11. The Bertz CT molecular complexity index is 367. The molecular formula is C13H20BrNS. The number of hydrogen-bond acceptors (Lipinski definition) is 2. The lowest BCUT2D eigenvalue weighted by atomic mass is 10.0. The monoisotopic (exact) mass is 301 g/mol. The van der Waals surface area contributed by atoms with Crippen LogP contribution in [0.4, 0.5) is 0 Å². The minimum Gasteiger partial charge on any atom is -0.312 e. The molecule has 1 aliphatic carbocycles. The normalized spacial score (nSPS) is 22.3. The maximum absolute atomic E-state index is 3.58. The molecule has 1 aromatic heterocycles. The van der Waals surface area contributed by atoms with Gasteiger partial charge in [-0.3, -0.25) is 0 Å². The molecule has 0 saturated heterocycles. The van der Waals surface area contributed by atoms with Gasteiger partial charge in [0.1, 0.15) is 0 Å². The van der Waals surface area contributed by atoms with Crippen LogP contribution in [0.2, 0.25) is 0 Å². The fourth-order valence-corrected chi connectivity index (χ4v) is 4.08. The number of halogens is 1. The molecular weight excluding hydrogens is 282 g/mol. The minimum absolute atomic E-state index is 0.496. The molecule has 0 spiro atoms. The first-order chi connectivity index (χ1) is 7.35. The second-order valence-electron chi connectivity index (χ2n) is 5.83. The molecule has 0 amide bonds. The predicted octanol–water partition coefficient (Wildman–Crippen LogP) is 4.28. The lowest BCUT2D eigenvalue weighted by Crippen LogP contribution is -2.18. The summed E-state index contributed by atoms with van der Waals surface area (Å²) < 4.78 is 1.22. The summed E-state index contributed by atoms with van der Waals surface area (Å²) in [5.74, 6) is 0.809. The summed E-state index contributed by atoms with van der Waals surface area (Å²) in [6.07, 6.45) is 0. The molecule has 0 unspecified atom stereocenters. The van der Waals surface area contributed by atoms with Gasteiger partial charge in [-0.25, -0.2) is 0 Å². The number of nitrogens with one attached hydrogen (secondary N) is 1. The van der Waals surface area contributed by atoms with Crippen LogP contribution in [0.3, 0.4) is 0 Å². The highest BCUT2D eigenvalue weighted by Gasteiger charge is 2.63. The van der Waals surface area contributed by atoms with Crippen molar-refractivity contribution >= 4 is 27.3 Å². The van der Waals surface area contributed by atoms with Crippen LogP contribution >= 0.6 is 27.3 Å². The standard InChI is InChI=1S/C13H20BrNS/c1-12(2)10(13(12,3)4)8-15-7-9-5-6-11(14)16-9/h5-6,10,15H,7-8H2,1-4H3. The zero-order valence-corrected chi connectivity index (χ0v) is 12.8. The summed E-state index contributed by atoms with van der Waals surface area (Å²) in [6, 6.07) is 4.30. The van der Waals surface area contributed by atoms with Crippen LogP contribution < -0.4 is 5.32 Å². The first kappa shape index (κ1) is 12.6. The van der Waals surface area contributed by atoms with Gasteiger partial charge in [-0.15, -0.1) is 11.3 Å². The third kappa shape index (κ3) is 2.09. The van der Waals surface area contributed by atoms with Crippen molar-refractivity contribution in [1.29, 1.82) is 0 Å². The molecule has 0 aliphatic heterocycles. The summed E-state index contributed by atoms with van der Waals surface area (Å²) in [5, 5.41) is 3.58. The quantitative estimate of drug-likeness (QED) is 0.875. The van der Waals surface area contributed by atoms with Gasteiger partial charge in [-0.05, 0) is 51.4 Å². The Morgan fingerprint density at radius 3 is 2.31 bits per heavy atom. The van der Waals surface area contributed by atoms with Gasteiger partial charge in [-0.1, -0.05) is 27.7 Å². The SMILES string of the molecule is CC1(C)C(CNCc2ccc(Br)s2)C1(C)C. The average molecular weight is 302 g/mol. The summed E-state index contributed by atoms with van der Waals surface area (Å²) in [5.41, 5.74) is 0.992. The van der Waals surface area contributed by atoms with E-state index in [4.69, 9.17) is 0 Å². The van der Waals surface area contributed by atoms with Gasteiger partial charge >= 0.3 is 0 Å². The number of hydrogen-bond donors (Lipinski definition) is 1. The molecule has 3 heteroatoms. The lowest BCUT2D eigenvalue weighted by Gasteiger charge is -2.04. The van der Waals surface area contributed by atoms with E-state index in [0.717, 1.165) is 19.0 Å². The van der Waals surface area contributed by atoms with Crippen molar-refractivity contribution in [3.05, 3.63) is 20.8 Å². The molecule has 1 aromatic rings. The Morgan fingerprint density at radius 2 is 1.88 bits per heavy atom. The topological polar surface area (TPSA) is 12.0 Å². The molecule has 16 heavy (non-hydrogen) atoms. The summed E-state index contributed by atoms with van der Waals surface area (Å²) in [6.45, 7) is 11.6. The highest BCUT2D eigenvalue weighted by Crippen LogP contribution is 2.67. The molecule has 1 nitrogen and oxygen atoms in total. The Kier molecular flexibility index (Phi) is 3.23. The molecule has 0 atom stereocenters. The molecule has 0 aromatic carbocycles. The predicted molar refractivity (Wildman–Crippen MR) is 74.8 cm³/mol. The fraction of sp³-hybridized carbons (Fsp3) is 0.692. The van der Waals surface area contributed by atoms with E-state index in [1.807, 2.05) is 11.3 Å². The molecule has 0 radical (unpaired) electrons. The number of thiophene rings is 1. The summed E-state index contributed by atoms with van der Waals surface area (Å²) >= 11 is 5.31. The van der Waals surface area contributed by atoms with Gasteiger partial charge in [-0.2, -0.15) is 0 Å². The van der Waals surface area contributed by atoms with Crippen molar-refractivity contribution < 1.29 is 0 Å². The van der Waals surface area contributed by atoms with Crippen LogP contribution in [-0.2, 0) is 6.54 Å². The molecule has 1 aliphatic rings. The molecule has 1 saturated carbocycles. The van der Waals surface area contributed by atoms with E-state index < -0.39 is 0 Å². The first-order valence-corrected chi connectivity index (χ1v) is 7.41. The van der Waals surface area contributed by atoms with Gasteiger partial charge in [0.15, 0.2) is 0 Å². The van der Waals surface area contributed by atoms with Gasteiger partial charge in [0.05, 0.1) is 3.79 Å². The molecule has 2 rings (SSSR count). The minimum atomic E-state index is 0.496. The average Bonchev–Trinajstić information content (AvgIpc) is 2.53. The molecule has 1 heterocycles. The van der Waals surface area contributed by atoms with Gasteiger partial charge in [0.25, 0.3) is 0 Å². The maximum atomic E-state index is 3.58. The van der Waals surface area contributed by atoms with Crippen molar-refractivity contribution in [3.8, 4) is 0 Å². The largest absolute Gasteiger partial charge is 0.312 e. The Balaban J connectivity index is 1.78. The zero-order valence-electron chi connectivity index (χ0n) is 10.4. The van der Waals surface area contributed by atoms with E-state index in [1.165, 1.54) is 8.66 Å². The van der Waals surface area contributed by atoms with E-state index in [2.05, 4.69) is 61.1 Å². The molecule has 0 bridgehead atoms. The highest BCUT2D eigenvalue weighted by atomic mass is 79.9. The van der Waals surface area contributed by atoms with Crippen molar-refractivity contribution in [1.82, 2.24) is 5.32 Å². The maximum Gasteiger partial charge on any atom is 0.0701 e. The van der Waals surface area contributed by atoms with Gasteiger partial charge in [0, 0.05) is 11.4 Å². The molecule has 1 N–H and O–H groups in total. The van der Waals surface area contributed by atoms with Crippen LogP contribution in [0.25, 0.3) is 0 Å². The smallest absolute Gasteiger partial charge is 0.0701 e. The summed E-state index contributed by atoms with van der Waals surface area (Å²) in [4.78, 5) is 1.41. The van der Waals surface area contributed by atoms with Crippen LogP contribution in [0.15, 0.2) is 15.9 Å². The molecule has 90 valence electrons. The van der Waals surface area contributed by atoms with Crippen molar-refractivity contribution in [2.45, 2.75) is 34.2 Å². The van der Waals surface area contributed by atoms with E-state index in [0.29, 0.717) is 10.8 Å². The van der Waals surface area contributed by atoms with Crippen molar-refractivity contribution in [3.63, 3.8) is 0 Å². The van der Waals surface area contributed by atoms with Crippen LogP contribution in [0.5, 0.6) is 0 Å². The number of rotatable bonds is 4. The van der Waals surface area contributed by atoms with E-state index in [-0.39, 0.29) is 0 Å². The third-order valence-corrected chi connectivity index (χ3v) is 6.22. The van der Waals surface area contributed by atoms with E-state index in [1.54, 1.807) is 0 Å². The van der Waals surface area contributed by atoms with Gasteiger partial charge in [0.2, 0.25) is 0 Å². The van der Waals surface area contributed by atoms with Crippen LogP contribution in [-0.4, -0.2) is 6.54 Å². The summed E-state index contributed by atoms with van der Waals surface area (Å²) in [7, 11) is 0. The zero-order chi connectivity index (χ0) is 12.0. The van der Waals surface area contributed by atoms with Gasteiger partial charge < -0.3 is 5.32 Å².